The molecule has 0 fully saturated rings. The Morgan fingerprint density at radius 3 is 2.71 bits per heavy atom. The van der Waals surface area contributed by atoms with Gasteiger partial charge in [0.15, 0.2) is 0 Å². The van der Waals surface area contributed by atoms with Crippen molar-refractivity contribution in [1.82, 2.24) is 10.2 Å². The molecule has 17 heavy (non-hydrogen) atoms. The normalized spacial score (nSPS) is 11.9. The van der Waals surface area contributed by atoms with E-state index in [0.717, 1.165) is 22.2 Å². The molecule has 0 aliphatic carbocycles. The summed E-state index contributed by atoms with van der Waals surface area (Å²) in [6.07, 6.45) is 0.0463. The van der Waals surface area contributed by atoms with Crippen molar-refractivity contribution in [2.45, 2.75) is 32.6 Å². The van der Waals surface area contributed by atoms with Crippen molar-refractivity contribution in [3.05, 3.63) is 29.5 Å². The van der Waals surface area contributed by atoms with E-state index in [1.54, 1.807) is 0 Å². The second-order valence-electron chi connectivity index (χ2n) is 5.27. The van der Waals surface area contributed by atoms with Crippen molar-refractivity contribution in [2.24, 2.45) is 0 Å². The number of nitrogens with one attached hydrogen (secondary N) is 1. The van der Waals surface area contributed by atoms with Crippen LogP contribution in [0.2, 0.25) is 0 Å². The van der Waals surface area contributed by atoms with Crippen LogP contribution in [0.4, 0.5) is 0 Å². The quantitative estimate of drug-likeness (QED) is 0.836. The summed E-state index contributed by atoms with van der Waals surface area (Å²) in [6, 6.07) is 5.58. The maximum atomic E-state index is 10.7. The molecule has 4 heteroatoms. The van der Waals surface area contributed by atoms with Gasteiger partial charge in [0.2, 0.25) is 0 Å². The zero-order chi connectivity index (χ0) is 12.6. The van der Waals surface area contributed by atoms with Gasteiger partial charge in [-0.1, -0.05) is 26.8 Å². The van der Waals surface area contributed by atoms with Gasteiger partial charge in [-0.2, -0.15) is 5.10 Å². The Labute approximate surface area is 99.7 Å². The lowest BCUT2D eigenvalue weighted by molar-refractivity contribution is -0.136. The van der Waals surface area contributed by atoms with E-state index in [2.05, 4.69) is 31.0 Å². The summed E-state index contributed by atoms with van der Waals surface area (Å²) < 4.78 is 0. The molecule has 1 heterocycles. The molecule has 0 bridgehead atoms. The molecule has 0 aliphatic rings. The van der Waals surface area contributed by atoms with Crippen molar-refractivity contribution in [3.63, 3.8) is 0 Å². The number of hydrogen-bond acceptors (Lipinski definition) is 2. The molecule has 1 aromatic heterocycles. The second kappa shape index (κ2) is 3.87. The number of carbonyl (C=O) groups is 1. The van der Waals surface area contributed by atoms with Crippen LogP contribution in [0, 0.1) is 0 Å². The van der Waals surface area contributed by atoms with Gasteiger partial charge in [0.05, 0.1) is 11.9 Å². The topological polar surface area (TPSA) is 66.0 Å². The summed E-state index contributed by atoms with van der Waals surface area (Å²) in [5, 5.41) is 17.1. The number of rotatable bonds is 2. The van der Waals surface area contributed by atoms with Gasteiger partial charge in [-0.05, 0) is 17.7 Å². The van der Waals surface area contributed by atoms with Crippen LogP contribution in [-0.4, -0.2) is 21.3 Å². The minimum atomic E-state index is -0.815. The largest absolute Gasteiger partial charge is 0.481 e. The van der Waals surface area contributed by atoms with Crippen LogP contribution >= 0.6 is 0 Å². The minimum Gasteiger partial charge on any atom is -0.481 e. The van der Waals surface area contributed by atoms with Crippen molar-refractivity contribution >= 4 is 16.9 Å². The molecular weight excluding hydrogens is 216 g/mol. The molecule has 2 rings (SSSR count). The first-order valence-corrected chi connectivity index (χ1v) is 5.57. The van der Waals surface area contributed by atoms with E-state index in [1.807, 2.05) is 18.2 Å². The van der Waals surface area contributed by atoms with Crippen molar-refractivity contribution < 1.29 is 9.90 Å². The van der Waals surface area contributed by atoms with Crippen molar-refractivity contribution in [3.8, 4) is 0 Å². The zero-order valence-electron chi connectivity index (χ0n) is 10.2. The van der Waals surface area contributed by atoms with Gasteiger partial charge in [0.25, 0.3) is 0 Å². The maximum absolute atomic E-state index is 10.7. The summed E-state index contributed by atoms with van der Waals surface area (Å²) in [7, 11) is 0. The number of carboxylic acids is 1. The molecule has 0 saturated carbocycles. The number of hydrogen-bond donors (Lipinski definition) is 2. The van der Waals surface area contributed by atoms with Gasteiger partial charge in [-0.3, -0.25) is 9.89 Å². The van der Waals surface area contributed by atoms with Gasteiger partial charge in [-0.25, -0.2) is 0 Å². The number of benzene rings is 1. The van der Waals surface area contributed by atoms with E-state index < -0.39 is 5.97 Å². The summed E-state index contributed by atoms with van der Waals surface area (Å²) in [4.78, 5) is 10.7. The molecule has 0 aliphatic heterocycles. The van der Waals surface area contributed by atoms with Gasteiger partial charge >= 0.3 is 5.97 Å². The Hall–Kier alpha value is -1.84. The monoisotopic (exact) mass is 232 g/mol. The molecule has 90 valence electrons. The molecule has 0 radical (unpaired) electrons. The van der Waals surface area contributed by atoms with Crippen LogP contribution in [0.15, 0.2) is 18.2 Å². The Morgan fingerprint density at radius 2 is 2.12 bits per heavy atom. The minimum absolute atomic E-state index is 0.0312. The summed E-state index contributed by atoms with van der Waals surface area (Å²) in [6.45, 7) is 6.30. The third kappa shape index (κ3) is 2.30. The lowest BCUT2D eigenvalue weighted by atomic mass is 9.89. The highest BCUT2D eigenvalue weighted by Crippen LogP contribution is 2.28. The van der Waals surface area contributed by atoms with E-state index in [1.165, 1.54) is 0 Å². The number of nitrogens with zero attached hydrogens (tertiary/aromatic N) is 1. The Kier molecular flexibility index (Phi) is 2.65. The number of aliphatic carboxylic acids is 1. The van der Waals surface area contributed by atoms with E-state index in [0.29, 0.717) is 0 Å². The van der Waals surface area contributed by atoms with E-state index in [-0.39, 0.29) is 11.8 Å². The fraction of sp³-hybridized carbons (Fsp3) is 0.385. The molecule has 0 spiro atoms. The molecule has 2 N–H and O–H groups in total. The first-order valence-electron chi connectivity index (χ1n) is 5.57. The molecular formula is C13H16N2O2. The molecule has 4 nitrogen and oxygen atoms in total. The molecule has 2 aromatic rings. The fourth-order valence-electron chi connectivity index (χ4n) is 1.91. The van der Waals surface area contributed by atoms with Crippen LogP contribution in [0.5, 0.6) is 0 Å². The van der Waals surface area contributed by atoms with Crippen LogP contribution in [0.25, 0.3) is 10.9 Å². The molecule has 1 aromatic carbocycles. The Morgan fingerprint density at radius 1 is 1.41 bits per heavy atom. The summed E-state index contributed by atoms with van der Waals surface area (Å²) >= 11 is 0. The van der Waals surface area contributed by atoms with Crippen LogP contribution < -0.4 is 0 Å². The van der Waals surface area contributed by atoms with Gasteiger partial charge < -0.3 is 5.11 Å². The SMILES string of the molecule is CC(C)(C)c1[nH]nc2ccc(CC(=O)O)cc12. The second-order valence-corrected chi connectivity index (χ2v) is 5.27. The number of aromatic nitrogens is 2. The average Bonchev–Trinajstić information content (AvgIpc) is 2.58. The predicted octanol–water partition coefficient (Wildman–Crippen LogP) is 2.49. The maximum Gasteiger partial charge on any atom is 0.307 e. The first kappa shape index (κ1) is 11.6. The van der Waals surface area contributed by atoms with Gasteiger partial charge in [-0.15, -0.1) is 0 Å². The van der Waals surface area contributed by atoms with Crippen molar-refractivity contribution in [2.75, 3.05) is 0 Å². The van der Waals surface area contributed by atoms with Crippen molar-refractivity contribution in [1.29, 1.82) is 0 Å². The lowest BCUT2D eigenvalue weighted by Gasteiger charge is -2.16. The van der Waals surface area contributed by atoms with Crippen LogP contribution in [-0.2, 0) is 16.6 Å². The Bertz CT molecular complexity index is 564. The summed E-state index contributed by atoms with van der Waals surface area (Å²) in [5.74, 6) is -0.815. The third-order valence-corrected chi connectivity index (χ3v) is 2.72. The van der Waals surface area contributed by atoms with E-state index in [4.69, 9.17) is 5.11 Å². The van der Waals surface area contributed by atoms with E-state index >= 15 is 0 Å². The molecule has 0 unspecified atom stereocenters. The number of H-pyrrole nitrogens is 1. The molecule has 0 atom stereocenters. The number of carboxylic acid groups (broad SMARTS) is 1. The lowest BCUT2D eigenvalue weighted by Crippen LogP contribution is -2.12. The average molecular weight is 232 g/mol. The standard InChI is InChI=1S/C13H16N2O2/c1-13(2,3)12-9-6-8(7-11(16)17)4-5-10(9)14-15-12/h4-6H,7H2,1-3H3,(H,14,15)(H,16,17). The molecule has 0 amide bonds. The van der Waals surface area contributed by atoms with Gasteiger partial charge in [0, 0.05) is 16.5 Å². The Balaban J connectivity index is 2.54. The van der Waals surface area contributed by atoms with Crippen LogP contribution in [0.1, 0.15) is 32.0 Å². The summed E-state index contributed by atoms with van der Waals surface area (Å²) in [5.41, 5.74) is 2.69. The van der Waals surface area contributed by atoms with Crippen LogP contribution in [0.3, 0.4) is 0 Å². The fourth-order valence-corrected chi connectivity index (χ4v) is 1.91. The highest BCUT2D eigenvalue weighted by molar-refractivity contribution is 5.84. The zero-order valence-corrected chi connectivity index (χ0v) is 10.2. The van der Waals surface area contributed by atoms with Gasteiger partial charge in [0.1, 0.15) is 0 Å². The highest BCUT2D eigenvalue weighted by Gasteiger charge is 2.19. The predicted molar refractivity (Wildman–Crippen MR) is 66.1 cm³/mol. The van der Waals surface area contributed by atoms with E-state index in [9.17, 15) is 4.79 Å². The number of aromatic amines is 1. The smallest absolute Gasteiger partial charge is 0.307 e. The first-order chi connectivity index (χ1) is 7.88. The highest BCUT2D eigenvalue weighted by atomic mass is 16.4. The third-order valence-electron chi connectivity index (χ3n) is 2.72. The molecule has 0 saturated heterocycles. The number of fused-ring (bicyclic) bond motifs is 1.